The normalized spacial score (nSPS) is 11.9. The van der Waals surface area contributed by atoms with E-state index in [-0.39, 0.29) is 6.61 Å². The molecular formula is C11H10BrClO3. The summed E-state index contributed by atoms with van der Waals surface area (Å²) in [4.78, 5) is 22.1. The molecule has 0 saturated carbocycles. The third-order valence-corrected chi connectivity index (χ3v) is 3.14. The molecule has 0 aliphatic heterocycles. The molecular weight excluding hydrogens is 295 g/mol. The number of alkyl halides is 1. The zero-order valence-electron chi connectivity index (χ0n) is 8.57. The van der Waals surface area contributed by atoms with Crippen molar-refractivity contribution in [1.29, 1.82) is 0 Å². The Kier molecular flexibility index (Phi) is 4.96. The molecule has 0 heterocycles. The number of Topliss-reactive ketones (excluding diaryl/α,β-unsaturated/α-hetero) is 1. The standard InChI is InChI=1S/C11H10BrClO3/c1-2-16-11(15)10(14)9(12)7-5-3-4-6-8(7)13/h3-6,9H,2H2,1H3. The molecule has 0 spiro atoms. The van der Waals surface area contributed by atoms with E-state index in [1.165, 1.54) is 0 Å². The van der Waals surface area contributed by atoms with Crippen molar-refractivity contribution in [2.45, 2.75) is 11.8 Å². The van der Waals surface area contributed by atoms with Crippen molar-refractivity contribution < 1.29 is 14.3 Å². The molecule has 0 saturated heterocycles. The molecule has 1 aromatic rings. The third-order valence-electron chi connectivity index (χ3n) is 1.89. The van der Waals surface area contributed by atoms with Crippen LogP contribution in [0, 0.1) is 0 Å². The van der Waals surface area contributed by atoms with Gasteiger partial charge in [0.2, 0.25) is 0 Å². The molecule has 1 atom stereocenters. The highest BCUT2D eigenvalue weighted by molar-refractivity contribution is 9.09. The summed E-state index contributed by atoms with van der Waals surface area (Å²) >= 11 is 9.05. The molecule has 0 aliphatic carbocycles. The predicted molar refractivity (Wildman–Crippen MR) is 64.8 cm³/mol. The van der Waals surface area contributed by atoms with Gasteiger partial charge in [-0.3, -0.25) is 4.79 Å². The maximum Gasteiger partial charge on any atom is 0.376 e. The van der Waals surface area contributed by atoms with Gasteiger partial charge >= 0.3 is 5.97 Å². The average Bonchev–Trinajstić information content (AvgIpc) is 2.28. The Morgan fingerprint density at radius 3 is 2.62 bits per heavy atom. The zero-order chi connectivity index (χ0) is 12.1. The summed E-state index contributed by atoms with van der Waals surface area (Å²) in [6.45, 7) is 1.82. The highest BCUT2D eigenvalue weighted by atomic mass is 79.9. The Labute approximate surface area is 107 Å². The number of ketones is 1. The van der Waals surface area contributed by atoms with Gasteiger partial charge in [-0.2, -0.15) is 0 Å². The maximum atomic E-state index is 11.6. The first kappa shape index (κ1) is 13.2. The molecule has 86 valence electrons. The van der Waals surface area contributed by atoms with Gasteiger partial charge in [0, 0.05) is 5.02 Å². The lowest BCUT2D eigenvalue weighted by Crippen LogP contribution is -2.21. The summed E-state index contributed by atoms with van der Waals surface area (Å²) in [5.41, 5.74) is 0.558. The lowest BCUT2D eigenvalue weighted by atomic mass is 10.1. The molecule has 16 heavy (non-hydrogen) atoms. The number of halogens is 2. The van der Waals surface area contributed by atoms with Crippen LogP contribution in [0.1, 0.15) is 17.3 Å². The molecule has 1 unspecified atom stereocenters. The minimum atomic E-state index is -0.857. The Hall–Kier alpha value is -0.870. The molecule has 5 heteroatoms. The van der Waals surface area contributed by atoms with Crippen molar-refractivity contribution in [3.63, 3.8) is 0 Å². The molecule has 0 aliphatic rings. The van der Waals surface area contributed by atoms with Crippen LogP contribution in [-0.4, -0.2) is 18.4 Å². The van der Waals surface area contributed by atoms with Crippen LogP contribution < -0.4 is 0 Å². The van der Waals surface area contributed by atoms with E-state index < -0.39 is 16.6 Å². The lowest BCUT2D eigenvalue weighted by Gasteiger charge is -2.09. The van der Waals surface area contributed by atoms with Crippen LogP contribution in [0.3, 0.4) is 0 Å². The smallest absolute Gasteiger partial charge is 0.376 e. The van der Waals surface area contributed by atoms with Gasteiger partial charge in [-0.1, -0.05) is 45.7 Å². The maximum absolute atomic E-state index is 11.6. The van der Waals surface area contributed by atoms with Crippen LogP contribution in [0.5, 0.6) is 0 Å². The highest BCUT2D eigenvalue weighted by Gasteiger charge is 2.26. The van der Waals surface area contributed by atoms with Crippen molar-refractivity contribution in [3.05, 3.63) is 34.9 Å². The predicted octanol–water partition coefficient (Wildman–Crippen LogP) is 2.91. The van der Waals surface area contributed by atoms with Gasteiger partial charge in [0.05, 0.1) is 6.61 Å². The van der Waals surface area contributed by atoms with Crippen molar-refractivity contribution in [3.8, 4) is 0 Å². The van der Waals surface area contributed by atoms with E-state index in [0.29, 0.717) is 10.6 Å². The van der Waals surface area contributed by atoms with Crippen molar-refractivity contribution in [2.75, 3.05) is 6.61 Å². The number of benzene rings is 1. The Bertz CT molecular complexity index is 406. The number of carbonyl (C=O) groups excluding carboxylic acids is 2. The first-order valence-electron chi connectivity index (χ1n) is 4.67. The van der Waals surface area contributed by atoms with Crippen LogP contribution in [0.2, 0.25) is 5.02 Å². The fourth-order valence-electron chi connectivity index (χ4n) is 1.13. The minimum Gasteiger partial charge on any atom is -0.460 e. The Morgan fingerprint density at radius 2 is 2.06 bits per heavy atom. The minimum absolute atomic E-state index is 0.173. The fourth-order valence-corrected chi connectivity index (χ4v) is 2.09. The van der Waals surface area contributed by atoms with Crippen LogP contribution in [0.15, 0.2) is 24.3 Å². The van der Waals surface area contributed by atoms with Crippen molar-refractivity contribution in [1.82, 2.24) is 0 Å². The van der Waals surface area contributed by atoms with Crippen LogP contribution in [0.4, 0.5) is 0 Å². The monoisotopic (exact) mass is 304 g/mol. The first-order chi connectivity index (χ1) is 7.57. The summed E-state index contributed by atoms with van der Waals surface area (Å²) in [6, 6.07) is 6.83. The SMILES string of the molecule is CCOC(=O)C(=O)C(Br)c1ccccc1Cl. The molecule has 0 radical (unpaired) electrons. The van der Waals surface area contributed by atoms with E-state index in [4.69, 9.17) is 11.6 Å². The van der Waals surface area contributed by atoms with Gasteiger partial charge < -0.3 is 4.74 Å². The number of rotatable bonds is 4. The lowest BCUT2D eigenvalue weighted by molar-refractivity contribution is -0.153. The average molecular weight is 306 g/mol. The number of hydrogen-bond acceptors (Lipinski definition) is 3. The van der Waals surface area contributed by atoms with Gasteiger partial charge in [0.15, 0.2) is 0 Å². The largest absolute Gasteiger partial charge is 0.460 e. The van der Waals surface area contributed by atoms with Crippen LogP contribution in [0.25, 0.3) is 0 Å². The summed E-state index contributed by atoms with van der Waals surface area (Å²) in [5.74, 6) is -1.51. The Morgan fingerprint density at radius 1 is 1.44 bits per heavy atom. The fraction of sp³-hybridized carbons (Fsp3) is 0.273. The topological polar surface area (TPSA) is 43.4 Å². The Balaban J connectivity index is 2.86. The molecule has 0 fully saturated rings. The van der Waals surface area contributed by atoms with E-state index in [1.54, 1.807) is 31.2 Å². The van der Waals surface area contributed by atoms with Crippen molar-refractivity contribution in [2.24, 2.45) is 0 Å². The summed E-state index contributed by atoms with van der Waals surface area (Å²) in [5, 5.41) is 0.432. The molecule has 0 aromatic heterocycles. The molecule has 1 aromatic carbocycles. The van der Waals surface area contributed by atoms with E-state index in [0.717, 1.165) is 0 Å². The zero-order valence-corrected chi connectivity index (χ0v) is 10.9. The molecule has 3 nitrogen and oxygen atoms in total. The van der Waals surface area contributed by atoms with Gasteiger partial charge in [-0.15, -0.1) is 0 Å². The van der Waals surface area contributed by atoms with Gasteiger partial charge in [-0.25, -0.2) is 4.79 Å². The number of ether oxygens (including phenoxy) is 1. The summed E-state index contributed by atoms with van der Waals surface area (Å²) < 4.78 is 4.62. The summed E-state index contributed by atoms with van der Waals surface area (Å²) in [6.07, 6.45) is 0. The first-order valence-corrected chi connectivity index (χ1v) is 5.96. The second-order valence-electron chi connectivity index (χ2n) is 2.97. The number of esters is 1. The van der Waals surface area contributed by atoms with E-state index >= 15 is 0 Å². The van der Waals surface area contributed by atoms with Gasteiger partial charge in [0.1, 0.15) is 4.83 Å². The molecule has 0 bridgehead atoms. The second-order valence-corrected chi connectivity index (χ2v) is 4.29. The van der Waals surface area contributed by atoms with Crippen LogP contribution in [-0.2, 0) is 14.3 Å². The van der Waals surface area contributed by atoms with E-state index in [9.17, 15) is 9.59 Å². The van der Waals surface area contributed by atoms with Gasteiger partial charge in [0.25, 0.3) is 5.78 Å². The van der Waals surface area contributed by atoms with E-state index in [2.05, 4.69) is 20.7 Å². The summed E-state index contributed by atoms with van der Waals surface area (Å²) in [7, 11) is 0. The quantitative estimate of drug-likeness (QED) is 0.488. The number of carbonyl (C=O) groups is 2. The molecule has 0 N–H and O–H groups in total. The second kappa shape index (κ2) is 6.01. The van der Waals surface area contributed by atoms with Crippen LogP contribution >= 0.6 is 27.5 Å². The van der Waals surface area contributed by atoms with Gasteiger partial charge in [-0.05, 0) is 18.6 Å². The highest BCUT2D eigenvalue weighted by Crippen LogP contribution is 2.30. The van der Waals surface area contributed by atoms with E-state index in [1.807, 2.05) is 0 Å². The third kappa shape index (κ3) is 3.06. The molecule has 0 amide bonds. The van der Waals surface area contributed by atoms with Crippen molar-refractivity contribution >= 4 is 39.3 Å². The molecule has 1 rings (SSSR count). The number of hydrogen-bond donors (Lipinski definition) is 0.